The minimum Gasteiger partial charge on any atom is -0.507 e. The maximum Gasteiger partial charge on any atom is 0.295 e. The summed E-state index contributed by atoms with van der Waals surface area (Å²) in [6, 6.07) is 9.11. The number of benzene rings is 2. The lowest BCUT2D eigenvalue weighted by atomic mass is 9.95. The van der Waals surface area contributed by atoms with Crippen LogP contribution in [0.1, 0.15) is 63.1 Å². The van der Waals surface area contributed by atoms with Crippen LogP contribution in [0.3, 0.4) is 0 Å². The lowest BCUT2D eigenvalue weighted by Gasteiger charge is -2.28. The first-order valence-electron chi connectivity index (χ1n) is 12.5. The van der Waals surface area contributed by atoms with E-state index in [1.807, 2.05) is 0 Å². The van der Waals surface area contributed by atoms with Crippen LogP contribution < -0.4 is 0 Å². The van der Waals surface area contributed by atoms with Crippen LogP contribution in [0.25, 0.3) is 5.76 Å². The first-order valence-corrected chi connectivity index (χ1v) is 13.3. The topological polar surface area (TPSA) is 60.9 Å². The van der Waals surface area contributed by atoms with Gasteiger partial charge in [0.05, 0.1) is 11.6 Å². The highest BCUT2D eigenvalue weighted by Gasteiger charge is 2.46. The van der Waals surface area contributed by atoms with E-state index >= 15 is 0 Å². The second-order valence-corrected chi connectivity index (χ2v) is 9.91. The molecule has 5 nitrogen and oxygen atoms in total. The van der Waals surface area contributed by atoms with E-state index in [2.05, 4.69) is 18.7 Å². The monoisotopic (exact) mass is 534 g/mol. The van der Waals surface area contributed by atoms with Crippen LogP contribution in [0.4, 0.5) is 4.39 Å². The van der Waals surface area contributed by atoms with Crippen LogP contribution in [0.5, 0.6) is 0 Å². The van der Waals surface area contributed by atoms with E-state index in [9.17, 15) is 19.1 Å². The van der Waals surface area contributed by atoms with Gasteiger partial charge in [0.15, 0.2) is 0 Å². The number of likely N-dealkylation sites (tertiary alicyclic amines) is 1. The number of aliphatic hydroxyl groups excluding tert-OH is 1. The molecule has 0 aromatic heterocycles. The molecule has 8 heteroatoms. The van der Waals surface area contributed by atoms with Gasteiger partial charge < -0.3 is 14.9 Å². The summed E-state index contributed by atoms with van der Waals surface area (Å²) in [5, 5.41) is 11.8. The average Bonchev–Trinajstić information content (AvgIpc) is 3.10. The van der Waals surface area contributed by atoms with E-state index in [1.165, 1.54) is 29.2 Å². The van der Waals surface area contributed by atoms with Gasteiger partial charge in [-0.15, -0.1) is 0 Å². The fourth-order valence-corrected chi connectivity index (χ4v) is 5.00. The quantitative estimate of drug-likeness (QED) is 0.184. The maximum absolute atomic E-state index is 13.5. The zero-order chi connectivity index (χ0) is 26.2. The molecule has 1 saturated heterocycles. The molecule has 0 saturated carbocycles. The third kappa shape index (κ3) is 6.67. The second kappa shape index (κ2) is 13.2. The Morgan fingerprint density at radius 1 is 0.972 bits per heavy atom. The fraction of sp³-hybridized carbons (Fsp3) is 0.429. The maximum atomic E-state index is 13.5. The minimum absolute atomic E-state index is 0.0651. The molecule has 0 spiro atoms. The summed E-state index contributed by atoms with van der Waals surface area (Å²) >= 11 is 12.6. The normalized spacial score (nSPS) is 17.4. The van der Waals surface area contributed by atoms with Crippen LogP contribution in [0, 0.1) is 5.82 Å². The number of carbonyl (C=O) groups excluding carboxylic acids is 2. The largest absolute Gasteiger partial charge is 0.507 e. The van der Waals surface area contributed by atoms with Crippen molar-refractivity contribution < 1.29 is 19.1 Å². The van der Waals surface area contributed by atoms with Crippen LogP contribution in [-0.2, 0) is 9.59 Å². The predicted octanol–water partition coefficient (Wildman–Crippen LogP) is 6.85. The van der Waals surface area contributed by atoms with Gasteiger partial charge in [0.1, 0.15) is 11.6 Å². The molecule has 194 valence electrons. The van der Waals surface area contributed by atoms with Gasteiger partial charge in [-0.25, -0.2) is 4.39 Å². The van der Waals surface area contributed by atoms with E-state index in [-0.39, 0.29) is 21.9 Å². The number of halogens is 3. The van der Waals surface area contributed by atoms with Crippen molar-refractivity contribution in [2.24, 2.45) is 0 Å². The number of hydrogen-bond donors (Lipinski definition) is 1. The van der Waals surface area contributed by atoms with E-state index in [4.69, 9.17) is 23.2 Å². The summed E-state index contributed by atoms with van der Waals surface area (Å²) in [4.78, 5) is 30.2. The molecular formula is C28H33Cl2FN2O3. The van der Waals surface area contributed by atoms with Crippen molar-refractivity contribution in [3.05, 3.63) is 75.0 Å². The van der Waals surface area contributed by atoms with Crippen molar-refractivity contribution in [2.45, 2.75) is 52.0 Å². The van der Waals surface area contributed by atoms with Crippen molar-refractivity contribution in [1.29, 1.82) is 0 Å². The molecular weight excluding hydrogens is 502 g/mol. The molecule has 1 aliphatic rings. The zero-order valence-corrected chi connectivity index (χ0v) is 22.3. The lowest BCUT2D eigenvalue weighted by Crippen LogP contribution is -2.34. The smallest absolute Gasteiger partial charge is 0.295 e. The Labute approximate surface area is 222 Å². The number of Topliss-reactive ketones (excluding diaryl/α,β-unsaturated/α-hetero) is 1. The summed E-state index contributed by atoms with van der Waals surface area (Å²) in [6.45, 7) is 7.42. The molecule has 0 bridgehead atoms. The van der Waals surface area contributed by atoms with Gasteiger partial charge in [-0.1, -0.05) is 56.0 Å². The Kier molecular flexibility index (Phi) is 10.3. The molecule has 1 heterocycles. The molecule has 1 atom stereocenters. The van der Waals surface area contributed by atoms with Crippen molar-refractivity contribution in [3.63, 3.8) is 0 Å². The average molecular weight is 535 g/mol. The number of rotatable bonds is 12. The Balaban J connectivity index is 1.95. The van der Waals surface area contributed by atoms with E-state index in [0.717, 1.165) is 45.3 Å². The van der Waals surface area contributed by atoms with Gasteiger partial charge in [0.2, 0.25) is 0 Å². The minimum atomic E-state index is -0.875. The summed E-state index contributed by atoms with van der Waals surface area (Å²) in [5.41, 5.74) is 0.678. The van der Waals surface area contributed by atoms with E-state index < -0.39 is 23.5 Å². The van der Waals surface area contributed by atoms with Gasteiger partial charge in [-0.05, 0) is 80.9 Å². The van der Waals surface area contributed by atoms with Gasteiger partial charge in [-0.3, -0.25) is 9.59 Å². The highest BCUT2D eigenvalue weighted by atomic mass is 35.5. The third-order valence-corrected chi connectivity index (χ3v) is 7.01. The number of carbonyl (C=O) groups is 2. The molecule has 1 fully saturated rings. The number of aliphatic hydroxyl groups is 1. The van der Waals surface area contributed by atoms with Gasteiger partial charge in [-0.2, -0.15) is 0 Å². The van der Waals surface area contributed by atoms with Crippen LogP contribution in [-0.4, -0.2) is 52.8 Å². The first kappa shape index (κ1) is 28.2. The summed E-state index contributed by atoms with van der Waals surface area (Å²) < 4.78 is 13.5. The third-order valence-electron chi connectivity index (χ3n) is 6.44. The molecule has 0 aliphatic carbocycles. The predicted molar refractivity (Wildman–Crippen MR) is 143 cm³/mol. The Hall–Kier alpha value is -2.41. The van der Waals surface area contributed by atoms with Gasteiger partial charge in [0, 0.05) is 22.2 Å². The molecule has 2 aromatic carbocycles. The Bertz CT molecular complexity index is 1100. The molecule has 1 unspecified atom stereocenters. The summed E-state index contributed by atoms with van der Waals surface area (Å²) in [7, 11) is 0. The zero-order valence-electron chi connectivity index (χ0n) is 20.8. The molecule has 1 N–H and O–H groups in total. The fourth-order valence-electron chi connectivity index (χ4n) is 4.48. The van der Waals surface area contributed by atoms with Crippen molar-refractivity contribution >= 4 is 40.7 Å². The Morgan fingerprint density at radius 2 is 1.58 bits per heavy atom. The molecule has 0 radical (unpaired) electrons. The molecule has 3 rings (SSSR count). The van der Waals surface area contributed by atoms with E-state index in [0.29, 0.717) is 23.6 Å². The SMILES string of the molecule is CCCCN(CCCC)CCCN1C(=O)C(=O)/C(=C(\O)c2ccc(F)cc2)C1c1ccc(Cl)cc1Cl. The van der Waals surface area contributed by atoms with Gasteiger partial charge >= 0.3 is 0 Å². The highest BCUT2D eigenvalue weighted by Crippen LogP contribution is 2.42. The summed E-state index contributed by atoms with van der Waals surface area (Å²) in [6.07, 6.45) is 5.09. The molecule has 1 amide bonds. The van der Waals surface area contributed by atoms with Crippen molar-refractivity contribution in [1.82, 2.24) is 9.80 Å². The molecule has 1 aliphatic heterocycles. The second-order valence-electron chi connectivity index (χ2n) is 9.07. The highest BCUT2D eigenvalue weighted by molar-refractivity contribution is 6.47. The lowest BCUT2D eigenvalue weighted by molar-refractivity contribution is -0.140. The van der Waals surface area contributed by atoms with Crippen molar-refractivity contribution in [2.75, 3.05) is 26.2 Å². The number of unbranched alkanes of at least 4 members (excludes halogenated alkanes) is 2. The molecule has 36 heavy (non-hydrogen) atoms. The Morgan fingerprint density at radius 3 is 2.17 bits per heavy atom. The van der Waals surface area contributed by atoms with Gasteiger partial charge in [0.25, 0.3) is 11.7 Å². The number of ketones is 1. The van der Waals surface area contributed by atoms with Crippen LogP contribution in [0.15, 0.2) is 48.0 Å². The molecule has 2 aromatic rings. The van der Waals surface area contributed by atoms with E-state index in [1.54, 1.807) is 18.2 Å². The van der Waals surface area contributed by atoms with Crippen LogP contribution >= 0.6 is 23.2 Å². The van der Waals surface area contributed by atoms with Crippen LogP contribution in [0.2, 0.25) is 10.0 Å². The standard InChI is InChI=1S/C28H33Cl2FN2O3/c1-3-5-14-32(15-6-4-2)16-7-17-33-25(22-13-10-20(29)18-23(22)30)24(27(35)28(33)36)26(34)19-8-11-21(31)12-9-19/h8-13,18,25,34H,3-7,14-17H2,1-2H3/b26-24-. The number of hydrogen-bond acceptors (Lipinski definition) is 4. The first-order chi connectivity index (χ1) is 17.3. The number of nitrogens with zero attached hydrogens (tertiary/aromatic N) is 2. The summed E-state index contributed by atoms with van der Waals surface area (Å²) in [5.74, 6) is -2.32. The van der Waals surface area contributed by atoms with Crippen molar-refractivity contribution in [3.8, 4) is 0 Å². The number of amides is 1.